The largest absolute Gasteiger partial charge is 0.287 e. The number of para-hydroxylation sites is 1. The minimum atomic E-state index is -3.40. The molecule has 3 aromatic rings. The summed E-state index contributed by atoms with van der Waals surface area (Å²) in [5.74, 6) is 0. The second-order valence-electron chi connectivity index (χ2n) is 5.63. The van der Waals surface area contributed by atoms with Gasteiger partial charge in [-0.2, -0.15) is 10.2 Å². The summed E-state index contributed by atoms with van der Waals surface area (Å²) < 4.78 is 15.5. The summed E-state index contributed by atoms with van der Waals surface area (Å²) in [6.45, 7) is 0. The van der Waals surface area contributed by atoms with Gasteiger partial charge in [0.05, 0.1) is 16.3 Å². The maximum Gasteiger partial charge on any atom is 0.237 e. The van der Waals surface area contributed by atoms with Crippen LogP contribution in [0.5, 0.6) is 0 Å². The standard InChI is InChI=1S/C18H14N4O5S2/c23-16-11-10-15(18(24)17(16)22-20-12-4-2-1-3-5-12)21-19-13-6-8-14(9-7-13)29(26,28)27-25/h1-11,19-20,25H. The number of benzene rings is 3. The van der Waals surface area contributed by atoms with E-state index in [4.69, 9.17) is 5.26 Å². The first-order valence-electron chi connectivity index (χ1n) is 8.08. The van der Waals surface area contributed by atoms with E-state index in [1.54, 1.807) is 24.3 Å². The van der Waals surface area contributed by atoms with E-state index in [9.17, 15) is 13.8 Å². The highest BCUT2D eigenvalue weighted by Gasteiger charge is 2.09. The Kier molecular flexibility index (Phi) is 6.24. The molecule has 11 heteroatoms. The quantitative estimate of drug-likeness (QED) is 0.384. The van der Waals surface area contributed by atoms with E-state index in [1.807, 2.05) is 6.07 Å². The molecule has 0 aromatic heterocycles. The third-order valence-corrected chi connectivity index (χ3v) is 5.50. The summed E-state index contributed by atoms with van der Waals surface area (Å²) in [6.07, 6.45) is 0. The number of rotatable bonds is 6. The Morgan fingerprint density at radius 2 is 1.48 bits per heavy atom. The van der Waals surface area contributed by atoms with E-state index in [-0.39, 0.29) is 15.6 Å². The Morgan fingerprint density at radius 1 is 0.862 bits per heavy atom. The summed E-state index contributed by atoms with van der Waals surface area (Å²) in [6, 6.07) is 17.1. The average Bonchev–Trinajstić information content (AvgIpc) is 2.74. The van der Waals surface area contributed by atoms with Gasteiger partial charge in [-0.15, -0.1) is 4.33 Å². The highest BCUT2D eigenvalue weighted by Crippen LogP contribution is 2.15. The van der Waals surface area contributed by atoms with Gasteiger partial charge in [0.25, 0.3) is 0 Å². The van der Waals surface area contributed by atoms with Crippen LogP contribution in [0.15, 0.2) is 91.4 Å². The lowest BCUT2D eigenvalue weighted by atomic mass is 10.3. The van der Waals surface area contributed by atoms with Crippen molar-refractivity contribution in [3.8, 4) is 0 Å². The summed E-state index contributed by atoms with van der Waals surface area (Å²) in [7, 11) is -3.40. The smallest absolute Gasteiger partial charge is 0.237 e. The highest BCUT2D eigenvalue weighted by molar-refractivity contribution is 8.30. The summed E-state index contributed by atoms with van der Waals surface area (Å²) in [5.41, 5.74) is 5.20. The van der Waals surface area contributed by atoms with Crippen molar-refractivity contribution in [3.63, 3.8) is 0 Å². The molecule has 0 aliphatic heterocycles. The van der Waals surface area contributed by atoms with Crippen LogP contribution in [0.2, 0.25) is 0 Å². The van der Waals surface area contributed by atoms with Gasteiger partial charge in [-0.1, -0.05) is 18.2 Å². The van der Waals surface area contributed by atoms with E-state index >= 15 is 0 Å². The summed E-state index contributed by atoms with van der Waals surface area (Å²) in [4.78, 5) is 24.6. The lowest BCUT2D eigenvalue weighted by Gasteiger charge is -2.04. The van der Waals surface area contributed by atoms with Gasteiger partial charge in [-0.3, -0.25) is 20.4 Å². The van der Waals surface area contributed by atoms with Crippen LogP contribution in [-0.4, -0.2) is 9.47 Å². The Balaban J connectivity index is 1.89. The second kappa shape index (κ2) is 8.84. The molecule has 3 rings (SSSR count). The molecular weight excluding hydrogens is 416 g/mol. The van der Waals surface area contributed by atoms with Crippen LogP contribution in [0, 0.1) is 0 Å². The zero-order valence-corrected chi connectivity index (χ0v) is 16.3. The van der Waals surface area contributed by atoms with Crippen molar-refractivity contribution >= 4 is 31.3 Å². The molecular formula is C18H14N4O5S2. The molecule has 3 aromatic carbocycles. The molecule has 0 amide bonds. The maximum atomic E-state index is 12.5. The molecule has 1 atom stereocenters. The van der Waals surface area contributed by atoms with Gasteiger partial charge in [0.2, 0.25) is 19.6 Å². The zero-order chi connectivity index (χ0) is 20.9. The Bertz CT molecular complexity index is 1330. The Morgan fingerprint density at radius 3 is 2.14 bits per heavy atom. The van der Waals surface area contributed by atoms with E-state index in [2.05, 4.69) is 36.6 Å². The molecule has 0 radical (unpaired) electrons. The van der Waals surface area contributed by atoms with Crippen LogP contribution in [0.25, 0.3) is 0 Å². The van der Waals surface area contributed by atoms with Crippen molar-refractivity contribution in [2.75, 3.05) is 10.9 Å². The lowest BCUT2D eigenvalue weighted by Crippen LogP contribution is -2.47. The first kappa shape index (κ1) is 20.5. The third kappa shape index (κ3) is 4.97. The van der Waals surface area contributed by atoms with Gasteiger partial charge in [-0.25, -0.2) is 9.47 Å². The normalized spacial score (nSPS) is 14.4. The van der Waals surface area contributed by atoms with Crippen LogP contribution in [0.4, 0.5) is 11.4 Å². The highest BCUT2D eigenvalue weighted by atomic mass is 32.8. The van der Waals surface area contributed by atoms with Crippen molar-refractivity contribution in [1.82, 2.24) is 0 Å². The molecule has 29 heavy (non-hydrogen) atoms. The number of hydrogen-bond acceptors (Lipinski definition) is 10. The van der Waals surface area contributed by atoms with Crippen LogP contribution >= 0.6 is 0 Å². The molecule has 3 N–H and O–H groups in total. The molecule has 9 nitrogen and oxygen atoms in total. The van der Waals surface area contributed by atoms with E-state index in [1.165, 1.54) is 36.4 Å². The predicted molar refractivity (Wildman–Crippen MR) is 110 cm³/mol. The molecule has 0 bridgehead atoms. The van der Waals surface area contributed by atoms with Gasteiger partial charge in [-0.05, 0) is 48.5 Å². The van der Waals surface area contributed by atoms with Crippen molar-refractivity contribution < 1.29 is 13.8 Å². The van der Waals surface area contributed by atoms with E-state index in [0.717, 1.165) is 0 Å². The minimum absolute atomic E-state index is 0.0203. The van der Waals surface area contributed by atoms with Gasteiger partial charge >= 0.3 is 0 Å². The summed E-state index contributed by atoms with van der Waals surface area (Å²) >= 11 is 4.62. The van der Waals surface area contributed by atoms with Crippen LogP contribution in [0.1, 0.15) is 0 Å². The molecule has 0 saturated heterocycles. The second-order valence-corrected chi connectivity index (χ2v) is 8.47. The molecule has 1 unspecified atom stereocenters. The third-order valence-electron chi connectivity index (χ3n) is 3.69. The fourth-order valence-corrected chi connectivity index (χ4v) is 3.12. The van der Waals surface area contributed by atoms with Gasteiger partial charge in [0.15, 0.2) is 5.36 Å². The first-order valence-corrected chi connectivity index (χ1v) is 10.5. The van der Waals surface area contributed by atoms with Crippen molar-refractivity contribution in [2.24, 2.45) is 10.2 Å². The average molecular weight is 430 g/mol. The van der Waals surface area contributed by atoms with E-state index < -0.39 is 19.6 Å². The SMILES string of the molecule is O=c1ccc(=NNc2ccc(S(=O)(=S)OO)cc2)c(=O)c1=NNc1ccccc1. The monoisotopic (exact) mass is 430 g/mol. The number of nitrogens with zero attached hydrogens (tertiary/aromatic N) is 2. The van der Waals surface area contributed by atoms with Crippen LogP contribution < -0.4 is 32.4 Å². The minimum Gasteiger partial charge on any atom is -0.287 e. The summed E-state index contributed by atoms with van der Waals surface area (Å²) in [5, 5.41) is 16.1. The van der Waals surface area contributed by atoms with Crippen LogP contribution in [0.3, 0.4) is 0 Å². The first-order chi connectivity index (χ1) is 13.9. The van der Waals surface area contributed by atoms with Gasteiger partial charge in [0.1, 0.15) is 5.36 Å². The van der Waals surface area contributed by atoms with Crippen molar-refractivity contribution in [2.45, 2.75) is 4.90 Å². The van der Waals surface area contributed by atoms with E-state index in [0.29, 0.717) is 11.4 Å². The van der Waals surface area contributed by atoms with Crippen molar-refractivity contribution in [3.05, 3.63) is 97.9 Å². The topological polar surface area (TPSA) is 129 Å². The van der Waals surface area contributed by atoms with Crippen LogP contribution in [-0.2, 0) is 24.3 Å². The van der Waals surface area contributed by atoms with Gasteiger partial charge in [0, 0.05) is 11.2 Å². The molecule has 0 fully saturated rings. The molecule has 0 aliphatic carbocycles. The van der Waals surface area contributed by atoms with Crippen molar-refractivity contribution in [1.29, 1.82) is 0 Å². The molecule has 0 saturated carbocycles. The Labute approximate surface area is 169 Å². The molecule has 148 valence electrons. The fraction of sp³-hybridized carbons (Fsp3) is 0. The zero-order valence-electron chi connectivity index (χ0n) is 14.6. The number of anilines is 2. The number of nitrogens with one attached hydrogen (secondary N) is 2. The predicted octanol–water partition coefficient (Wildman–Crippen LogP) is 0.648. The van der Waals surface area contributed by atoms with Gasteiger partial charge < -0.3 is 0 Å². The fourth-order valence-electron chi connectivity index (χ4n) is 2.23. The molecule has 0 heterocycles. The molecule has 0 spiro atoms. The Hall–Kier alpha value is -3.25. The maximum absolute atomic E-state index is 12.5. The lowest BCUT2D eigenvalue weighted by molar-refractivity contribution is -0.124. The number of hydrogen-bond donors (Lipinski definition) is 3. The molecule has 0 aliphatic rings.